The fourth-order valence-electron chi connectivity index (χ4n) is 2.89. The topological polar surface area (TPSA) is 111 Å². The number of rotatable bonds is 7. The van der Waals surface area contributed by atoms with Gasteiger partial charge in [-0.15, -0.1) is 22.7 Å². The zero-order chi connectivity index (χ0) is 23.5. The lowest BCUT2D eigenvalue weighted by molar-refractivity contribution is -0.152. The van der Waals surface area contributed by atoms with Crippen molar-refractivity contribution in [3.8, 4) is 10.4 Å². The number of nitrogens with zero attached hydrogens (tertiary/aromatic N) is 3. The Kier molecular flexibility index (Phi) is 7.09. The molecule has 0 spiro atoms. The predicted octanol–water partition coefficient (Wildman–Crippen LogP) is 2.10. The smallest absolute Gasteiger partial charge is 0.326 e. The highest BCUT2D eigenvalue weighted by atomic mass is 32.1. The summed E-state index contributed by atoms with van der Waals surface area (Å²) in [6.45, 7) is 4.45. The van der Waals surface area contributed by atoms with Crippen molar-refractivity contribution in [2.45, 2.75) is 32.9 Å². The Morgan fingerprint density at radius 1 is 1.25 bits per heavy atom. The normalized spacial score (nSPS) is 11.4. The van der Waals surface area contributed by atoms with Gasteiger partial charge in [0.05, 0.1) is 18.3 Å². The van der Waals surface area contributed by atoms with Gasteiger partial charge >= 0.3 is 5.97 Å². The molecule has 32 heavy (non-hydrogen) atoms. The Labute approximate surface area is 192 Å². The average molecular weight is 477 g/mol. The second-order valence-electron chi connectivity index (χ2n) is 8.19. The fourth-order valence-corrected chi connectivity index (χ4v) is 4.61. The van der Waals surface area contributed by atoms with Crippen LogP contribution < -0.4 is 10.9 Å². The molecule has 0 atom stereocenters. The zero-order valence-corrected chi connectivity index (χ0v) is 19.8. The first kappa shape index (κ1) is 23.6. The third-order valence-corrected chi connectivity index (χ3v) is 6.11. The third-order valence-electron chi connectivity index (χ3n) is 4.32. The zero-order valence-electron chi connectivity index (χ0n) is 18.2. The first-order valence-corrected chi connectivity index (χ1v) is 11.5. The minimum atomic E-state index is -0.748. The second kappa shape index (κ2) is 9.61. The van der Waals surface area contributed by atoms with Gasteiger partial charge in [-0.1, -0.05) is 6.07 Å². The number of likely N-dealkylation sites (N-methyl/N-ethyl adjacent to an activating group) is 1. The summed E-state index contributed by atoms with van der Waals surface area (Å²) in [5.41, 5.74) is 0.0196. The molecule has 0 aliphatic heterocycles. The van der Waals surface area contributed by atoms with Gasteiger partial charge in [0.1, 0.15) is 11.4 Å². The van der Waals surface area contributed by atoms with Gasteiger partial charge in [0.25, 0.3) is 11.5 Å². The highest BCUT2D eigenvalue weighted by Gasteiger charge is 2.20. The molecule has 3 heterocycles. The number of thiophene rings is 2. The van der Waals surface area contributed by atoms with Crippen LogP contribution in [-0.2, 0) is 25.7 Å². The van der Waals surface area contributed by atoms with Gasteiger partial charge in [0.15, 0.2) is 6.61 Å². The van der Waals surface area contributed by atoms with Crippen molar-refractivity contribution in [2.24, 2.45) is 0 Å². The molecular formula is C21H24N4O5S2. The minimum Gasteiger partial charge on any atom is -0.454 e. The molecule has 0 aromatic carbocycles. The molecule has 0 aliphatic rings. The van der Waals surface area contributed by atoms with Crippen LogP contribution in [0.4, 0.5) is 0 Å². The van der Waals surface area contributed by atoms with E-state index in [1.54, 1.807) is 0 Å². The van der Waals surface area contributed by atoms with E-state index in [1.807, 2.05) is 43.7 Å². The summed E-state index contributed by atoms with van der Waals surface area (Å²) in [5.74, 6) is -1.59. The first-order valence-electron chi connectivity index (χ1n) is 9.76. The van der Waals surface area contributed by atoms with Crippen LogP contribution in [0.3, 0.4) is 0 Å². The number of carbonyl (C=O) groups is 3. The SMILES string of the molecule is CN(CC(=O)NC(C)(C)C)C(=O)COC(=O)Cn1cnc2scc(-c3cccs3)c2c1=O. The summed E-state index contributed by atoms with van der Waals surface area (Å²) >= 11 is 2.88. The summed E-state index contributed by atoms with van der Waals surface area (Å²) in [7, 11) is 1.45. The van der Waals surface area contributed by atoms with Crippen LogP contribution in [0.25, 0.3) is 20.7 Å². The molecule has 0 saturated carbocycles. The van der Waals surface area contributed by atoms with E-state index in [-0.39, 0.29) is 24.6 Å². The molecule has 0 bridgehead atoms. The summed E-state index contributed by atoms with van der Waals surface area (Å²) in [6.07, 6.45) is 1.30. The second-order valence-corrected chi connectivity index (χ2v) is 10.00. The van der Waals surface area contributed by atoms with E-state index in [1.165, 1.54) is 45.5 Å². The molecule has 2 amide bonds. The summed E-state index contributed by atoms with van der Waals surface area (Å²) in [5, 5.41) is 7.00. The van der Waals surface area contributed by atoms with Crippen molar-refractivity contribution in [1.29, 1.82) is 0 Å². The van der Waals surface area contributed by atoms with Gasteiger partial charge in [-0.3, -0.25) is 23.7 Å². The van der Waals surface area contributed by atoms with Gasteiger partial charge in [-0.2, -0.15) is 0 Å². The molecule has 0 aliphatic carbocycles. The lowest BCUT2D eigenvalue weighted by atomic mass is 10.1. The molecule has 0 unspecified atom stereocenters. The summed E-state index contributed by atoms with van der Waals surface area (Å²) in [4.78, 5) is 56.2. The number of nitrogens with one attached hydrogen (secondary N) is 1. The van der Waals surface area contributed by atoms with Crippen LogP contribution in [0.15, 0.2) is 34.0 Å². The molecular weight excluding hydrogens is 452 g/mol. The lowest BCUT2D eigenvalue weighted by Gasteiger charge is -2.23. The van der Waals surface area contributed by atoms with Gasteiger partial charge in [-0.05, 0) is 32.2 Å². The van der Waals surface area contributed by atoms with E-state index in [0.717, 1.165) is 10.4 Å². The largest absolute Gasteiger partial charge is 0.454 e. The molecule has 170 valence electrons. The molecule has 3 rings (SSSR count). The number of fused-ring (bicyclic) bond motifs is 1. The quantitative estimate of drug-likeness (QED) is 0.523. The van der Waals surface area contributed by atoms with Gasteiger partial charge in [0.2, 0.25) is 5.91 Å². The number of hydrogen-bond acceptors (Lipinski definition) is 8. The van der Waals surface area contributed by atoms with Crippen LogP contribution in [0.5, 0.6) is 0 Å². The Balaban J connectivity index is 1.61. The standard InChI is InChI=1S/C21H24N4O5S2/c1-21(2,3)23-15(26)8-24(4)16(27)10-30-17(28)9-25-12-22-19-18(20(25)29)13(11-32-19)14-6-5-7-31-14/h5-7,11-12H,8-10H2,1-4H3,(H,23,26). The van der Waals surface area contributed by atoms with Crippen LogP contribution in [0.2, 0.25) is 0 Å². The van der Waals surface area contributed by atoms with E-state index in [9.17, 15) is 19.2 Å². The predicted molar refractivity (Wildman–Crippen MR) is 124 cm³/mol. The number of esters is 1. The Bertz CT molecular complexity index is 1190. The summed E-state index contributed by atoms with van der Waals surface area (Å²) in [6, 6.07) is 3.82. The van der Waals surface area contributed by atoms with Crippen molar-refractivity contribution in [1.82, 2.24) is 19.8 Å². The van der Waals surface area contributed by atoms with Crippen molar-refractivity contribution in [2.75, 3.05) is 20.2 Å². The van der Waals surface area contributed by atoms with E-state index in [0.29, 0.717) is 10.2 Å². The van der Waals surface area contributed by atoms with E-state index < -0.39 is 24.0 Å². The van der Waals surface area contributed by atoms with Gasteiger partial charge in [0, 0.05) is 28.4 Å². The van der Waals surface area contributed by atoms with Crippen LogP contribution in [0, 0.1) is 0 Å². The molecule has 0 fully saturated rings. The monoisotopic (exact) mass is 476 g/mol. The molecule has 3 aromatic heterocycles. The lowest BCUT2D eigenvalue weighted by Crippen LogP contribution is -2.47. The molecule has 0 radical (unpaired) electrons. The molecule has 3 aromatic rings. The van der Waals surface area contributed by atoms with Crippen molar-refractivity contribution in [3.05, 3.63) is 39.6 Å². The Morgan fingerprint density at radius 3 is 2.66 bits per heavy atom. The van der Waals surface area contributed by atoms with Crippen LogP contribution in [-0.4, -0.2) is 58.0 Å². The van der Waals surface area contributed by atoms with E-state index >= 15 is 0 Å². The van der Waals surface area contributed by atoms with Crippen molar-refractivity contribution in [3.63, 3.8) is 0 Å². The number of aromatic nitrogens is 2. The van der Waals surface area contributed by atoms with Gasteiger partial charge in [-0.25, -0.2) is 4.98 Å². The highest BCUT2D eigenvalue weighted by molar-refractivity contribution is 7.18. The number of hydrogen-bond donors (Lipinski definition) is 1. The maximum Gasteiger partial charge on any atom is 0.326 e. The molecule has 9 nitrogen and oxygen atoms in total. The number of ether oxygens (including phenoxy) is 1. The van der Waals surface area contributed by atoms with Gasteiger partial charge < -0.3 is 15.0 Å². The average Bonchev–Trinajstić information content (AvgIpc) is 3.36. The van der Waals surface area contributed by atoms with Crippen molar-refractivity contribution >= 4 is 50.7 Å². The maximum absolute atomic E-state index is 12.9. The highest BCUT2D eigenvalue weighted by Crippen LogP contribution is 2.33. The summed E-state index contributed by atoms with van der Waals surface area (Å²) < 4.78 is 6.18. The molecule has 1 N–H and O–H groups in total. The van der Waals surface area contributed by atoms with E-state index in [4.69, 9.17) is 4.74 Å². The third kappa shape index (κ3) is 5.80. The maximum atomic E-state index is 12.9. The molecule has 0 saturated heterocycles. The fraction of sp³-hybridized carbons (Fsp3) is 0.381. The number of amides is 2. The minimum absolute atomic E-state index is 0.155. The molecule has 11 heteroatoms. The first-order chi connectivity index (χ1) is 15.0. The Morgan fingerprint density at radius 2 is 2.00 bits per heavy atom. The van der Waals surface area contributed by atoms with Crippen LogP contribution >= 0.6 is 22.7 Å². The van der Waals surface area contributed by atoms with E-state index in [2.05, 4.69) is 10.3 Å². The van der Waals surface area contributed by atoms with Crippen molar-refractivity contribution < 1.29 is 19.1 Å². The Hall–Kier alpha value is -3.05. The number of carbonyl (C=O) groups excluding carboxylic acids is 3. The van der Waals surface area contributed by atoms with Crippen LogP contribution in [0.1, 0.15) is 20.8 Å².